The molecule has 0 radical (unpaired) electrons. The predicted octanol–water partition coefficient (Wildman–Crippen LogP) is 17.7. The van der Waals surface area contributed by atoms with Gasteiger partial charge >= 0.3 is 10.4 Å². The Bertz CT molecular complexity index is 1560. The first-order valence-electron chi connectivity index (χ1n) is 34.4. The first-order valence-corrected chi connectivity index (χ1v) is 35.7. The number of hydrogen-bond donors (Lipinski definition) is 6. The lowest BCUT2D eigenvalue weighted by molar-refractivity contribution is -0.298. The molecule has 0 aromatic heterocycles. The van der Waals surface area contributed by atoms with Gasteiger partial charge in [-0.3, -0.25) is 9.35 Å². The van der Waals surface area contributed by atoms with Crippen LogP contribution in [-0.2, 0) is 28.9 Å². The van der Waals surface area contributed by atoms with E-state index in [9.17, 15) is 38.2 Å². The van der Waals surface area contributed by atoms with Crippen LogP contribution in [0.4, 0.5) is 0 Å². The Morgan fingerprint density at radius 1 is 0.494 bits per heavy atom. The highest BCUT2D eigenvalue weighted by molar-refractivity contribution is 7.80. The summed E-state index contributed by atoms with van der Waals surface area (Å²) >= 11 is 0. The largest absolute Gasteiger partial charge is 0.397 e. The Labute approximate surface area is 498 Å². The van der Waals surface area contributed by atoms with Crippen LogP contribution >= 0.6 is 0 Å². The number of amides is 1. The highest BCUT2D eigenvalue weighted by atomic mass is 32.3. The number of nitrogens with one attached hydrogen (secondary N) is 1. The van der Waals surface area contributed by atoms with Gasteiger partial charge in [-0.15, -0.1) is 0 Å². The molecule has 0 aliphatic carbocycles. The van der Waals surface area contributed by atoms with Gasteiger partial charge in [-0.25, -0.2) is 4.18 Å². The molecule has 13 heteroatoms. The predicted molar refractivity (Wildman–Crippen MR) is 338 cm³/mol. The Morgan fingerprint density at radius 3 is 1.17 bits per heavy atom. The van der Waals surface area contributed by atoms with Gasteiger partial charge in [0.05, 0.1) is 25.4 Å². The number of ether oxygens (including phenoxy) is 2. The molecular weight excluding hydrogens is 1040 g/mol. The number of allylic oxidation sites excluding steroid dienone is 5. The molecule has 0 aromatic rings. The second-order valence-electron chi connectivity index (χ2n) is 24.1. The van der Waals surface area contributed by atoms with Crippen molar-refractivity contribution >= 4 is 16.3 Å². The van der Waals surface area contributed by atoms with Crippen molar-refractivity contribution in [3.05, 3.63) is 36.5 Å². The van der Waals surface area contributed by atoms with Crippen molar-refractivity contribution in [2.24, 2.45) is 0 Å². The summed E-state index contributed by atoms with van der Waals surface area (Å²) in [4.78, 5) is 13.2. The fraction of sp³-hybridized carbons (Fsp3) is 0.897. The molecule has 1 aliphatic rings. The van der Waals surface area contributed by atoms with Crippen molar-refractivity contribution in [3.63, 3.8) is 0 Å². The SMILES string of the molecule is CCCCCCCCCCCCCCC/C=C\C/C=C\CCCCCCCCCCCCCCCCCCCC(=O)NC(COC1OC(CO)C(O)C(OS(=O)(=O)O)C1O)C(O)/C=C/CCCCCCCCCCCCCCCCC. The first-order chi connectivity index (χ1) is 39.5. The van der Waals surface area contributed by atoms with E-state index in [0.717, 1.165) is 44.9 Å². The monoisotopic (exact) mass is 1170 g/mol. The number of aliphatic hydroxyl groups excluding tert-OH is 4. The maximum absolute atomic E-state index is 13.2. The number of aliphatic hydroxyl groups is 4. The Hall–Kier alpha value is -1.68. The van der Waals surface area contributed by atoms with E-state index >= 15 is 0 Å². The van der Waals surface area contributed by atoms with Crippen LogP contribution in [0.2, 0.25) is 0 Å². The number of hydrogen-bond acceptors (Lipinski definition) is 10. The molecule has 1 fully saturated rings. The summed E-state index contributed by atoms with van der Waals surface area (Å²) in [5.41, 5.74) is 0. The van der Waals surface area contributed by atoms with Gasteiger partial charge in [0.1, 0.15) is 24.4 Å². The van der Waals surface area contributed by atoms with Crippen LogP contribution in [0.15, 0.2) is 36.5 Å². The molecule has 478 valence electrons. The fourth-order valence-corrected chi connectivity index (χ4v) is 11.6. The van der Waals surface area contributed by atoms with Crippen molar-refractivity contribution in [2.75, 3.05) is 13.2 Å². The third-order valence-corrected chi connectivity index (χ3v) is 16.9. The maximum atomic E-state index is 13.2. The zero-order valence-electron chi connectivity index (χ0n) is 52.4. The molecular formula is C68H129NO11S. The summed E-state index contributed by atoms with van der Waals surface area (Å²) in [7, 11) is -5.09. The van der Waals surface area contributed by atoms with E-state index < -0.39 is 59.9 Å². The average Bonchev–Trinajstić information content (AvgIpc) is 3.50. The van der Waals surface area contributed by atoms with E-state index in [1.165, 1.54) is 263 Å². The zero-order chi connectivity index (χ0) is 59.0. The summed E-state index contributed by atoms with van der Waals surface area (Å²) in [5, 5.41) is 45.1. The Balaban J connectivity index is 2.19. The Morgan fingerprint density at radius 2 is 0.827 bits per heavy atom. The molecule has 7 unspecified atom stereocenters. The average molecular weight is 1170 g/mol. The van der Waals surface area contributed by atoms with Gasteiger partial charge in [-0.2, -0.15) is 8.42 Å². The molecule has 1 heterocycles. The molecule has 1 saturated heterocycles. The number of rotatable bonds is 61. The lowest BCUT2D eigenvalue weighted by Crippen LogP contribution is -2.61. The molecule has 0 saturated carbocycles. The highest BCUT2D eigenvalue weighted by Gasteiger charge is 2.48. The zero-order valence-corrected chi connectivity index (χ0v) is 53.2. The van der Waals surface area contributed by atoms with Crippen LogP contribution in [0.25, 0.3) is 0 Å². The molecule has 1 aliphatic heterocycles. The maximum Gasteiger partial charge on any atom is 0.397 e. The van der Waals surface area contributed by atoms with Crippen molar-refractivity contribution in [2.45, 2.75) is 378 Å². The fourth-order valence-electron chi connectivity index (χ4n) is 11.1. The number of carbonyl (C=O) groups excluding carboxylic acids is 1. The van der Waals surface area contributed by atoms with Crippen molar-refractivity contribution in [1.82, 2.24) is 5.32 Å². The summed E-state index contributed by atoms with van der Waals surface area (Å²) < 4.78 is 48.0. The standard InChI is InChI=1S/C68H129NO11S/c1-3-5-7-9-11-13-15-17-19-21-22-23-24-25-26-27-28-29-30-31-32-33-34-35-36-37-38-39-40-42-44-46-48-50-52-54-56-58-64(72)69-61(60-78-68-66(74)67(80-81(75,76)77)65(73)63(59-70)79-68)62(71)57-55-53-51-49-47-45-43-41-20-18-16-14-12-10-8-6-4-2/h26-27,29-30,55,57,61-63,65-68,70-71,73-74H,3-25,28,31-54,56,58-60H2,1-2H3,(H,69,72)(H,75,76,77)/b27-26-,30-29-,57-55+. The van der Waals surface area contributed by atoms with E-state index in [-0.39, 0.29) is 18.9 Å². The second-order valence-corrected chi connectivity index (χ2v) is 25.2. The third kappa shape index (κ3) is 49.2. The van der Waals surface area contributed by atoms with Crippen LogP contribution < -0.4 is 5.32 Å². The van der Waals surface area contributed by atoms with E-state index in [2.05, 4.69) is 47.7 Å². The van der Waals surface area contributed by atoms with Crippen LogP contribution in [-0.4, -0.2) is 95.4 Å². The number of unbranched alkanes of at least 4 members (excludes halogenated alkanes) is 45. The minimum absolute atomic E-state index is 0.257. The Kier molecular flexibility index (Phi) is 54.8. The highest BCUT2D eigenvalue weighted by Crippen LogP contribution is 2.26. The number of carbonyl (C=O) groups is 1. The smallest absolute Gasteiger partial charge is 0.394 e. The topological polar surface area (TPSA) is 192 Å². The molecule has 81 heavy (non-hydrogen) atoms. The molecule has 0 bridgehead atoms. The van der Waals surface area contributed by atoms with Crippen LogP contribution in [0, 0.1) is 0 Å². The van der Waals surface area contributed by atoms with Crippen LogP contribution in [0.5, 0.6) is 0 Å². The third-order valence-electron chi connectivity index (χ3n) is 16.4. The van der Waals surface area contributed by atoms with Crippen molar-refractivity contribution < 1.29 is 51.8 Å². The van der Waals surface area contributed by atoms with Gasteiger partial charge in [0.2, 0.25) is 5.91 Å². The quantitative estimate of drug-likeness (QED) is 0.0193. The van der Waals surface area contributed by atoms with Gasteiger partial charge in [-0.1, -0.05) is 314 Å². The molecule has 7 atom stereocenters. The van der Waals surface area contributed by atoms with Gasteiger partial charge in [0.15, 0.2) is 6.29 Å². The molecule has 1 amide bonds. The lowest BCUT2D eigenvalue weighted by atomic mass is 9.99. The lowest BCUT2D eigenvalue weighted by Gasteiger charge is -2.41. The summed E-state index contributed by atoms with van der Waals surface area (Å²) in [6.07, 6.45) is 66.6. The minimum Gasteiger partial charge on any atom is -0.394 e. The van der Waals surface area contributed by atoms with Crippen molar-refractivity contribution in [1.29, 1.82) is 0 Å². The van der Waals surface area contributed by atoms with E-state index in [1.54, 1.807) is 6.08 Å². The van der Waals surface area contributed by atoms with E-state index in [1.807, 2.05) is 6.08 Å². The van der Waals surface area contributed by atoms with Crippen molar-refractivity contribution in [3.8, 4) is 0 Å². The summed E-state index contributed by atoms with van der Waals surface area (Å²) in [6.45, 7) is 3.44. The minimum atomic E-state index is -5.09. The van der Waals surface area contributed by atoms with E-state index in [0.29, 0.717) is 6.42 Å². The molecule has 0 aromatic carbocycles. The summed E-state index contributed by atoms with van der Waals surface area (Å²) in [5.74, 6) is -0.257. The molecule has 0 spiro atoms. The second kappa shape index (κ2) is 57.4. The molecule has 1 rings (SSSR count). The van der Waals surface area contributed by atoms with Gasteiger partial charge < -0.3 is 35.2 Å². The van der Waals surface area contributed by atoms with Gasteiger partial charge in [-0.05, 0) is 51.4 Å². The first kappa shape index (κ1) is 77.3. The molecule has 6 N–H and O–H groups in total. The van der Waals surface area contributed by atoms with Gasteiger partial charge in [0.25, 0.3) is 0 Å². The van der Waals surface area contributed by atoms with Crippen LogP contribution in [0.1, 0.15) is 335 Å². The van der Waals surface area contributed by atoms with Gasteiger partial charge in [0, 0.05) is 6.42 Å². The summed E-state index contributed by atoms with van der Waals surface area (Å²) in [6, 6.07) is -0.944. The van der Waals surface area contributed by atoms with Crippen LogP contribution in [0.3, 0.4) is 0 Å². The normalized spacial score (nSPS) is 18.7. The molecule has 12 nitrogen and oxygen atoms in total. The van der Waals surface area contributed by atoms with E-state index in [4.69, 9.17) is 9.47 Å².